The van der Waals surface area contributed by atoms with E-state index >= 15 is 0 Å². The maximum atomic E-state index is 14.1. The van der Waals surface area contributed by atoms with Crippen molar-refractivity contribution in [3.63, 3.8) is 0 Å². The number of aromatic nitrogens is 2. The van der Waals surface area contributed by atoms with Crippen LogP contribution in [0.15, 0.2) is 97.3 Å². The number of aliphatic hydroxyl groups is 1. The first-order chi connectivity index (χ1) is 27.5. The molecule has 4 rings (SSSR count). The van der Waals surface area contributed by atoms with Gasteiger partial charge in [-0.2, -0.15) is 0 Å². The lowest BCUT2D eigenvalue weighted by Crippen LogP contribution is -2.58. The number of nitrogens with zero attached hydrogens (tertiary/aromatic N) is 2. The minimum Gasteiger partial charge on any atom is -0.482 e. The average molecular weight is 795 g/mol. The molecule has 13 nitrogen and oxygen atoms in total. The van der Waals surface area contributed by atoms with E-state index in [2.05, 4.69) is 31.2 Å². The number of hydrogen-bond acceptors (Lipinski definition) is 9. The maximum Gasteiger partial charge on any atom is 0.406 e. The van der Waals surface area contributed by atoms with E-state index in [0.29, 0.717) is 12.2 Å². The number of ether oxygens (including phenoxy) is 2. The maximum absolute atomic E-state index is 14.1. The standard InChI is InChI=1S/C45H58N6O7/c1-30-16-21-35(27-47-30)58-28-40(54)51-41(44(2,3)4)42(55)50-37(24-31-13-9-8-10-14-31)38(52)25-34(49-39(53)26-45(5,6)29-48-43(56)57-7)23-32-17-19-33(20-18-32)36-15-11-12-22-46-36/h8-22,27,34,37-38,41,52H,23-26,28-29H2,1-7H3,(H,48,56)(H,49,53)(H,50,55)(H,51,54). The van der Waals surface area contributed by atoms with Gasteiger partial charge >= 0.3 is 6.09 Å². The monoisotopic (exact) mass is 794 g/mol. The number of alkyl carbamates (subject to hydrolysis) is 1. The summed E-state index contributed by atoms with van der Waals surface area (Å²) < 4.78 is 10.3. The second-order valence-electron chi connectivity index (χ2n) is 16.5. The first kappa shape index (κ1) is 44.9. The van der Waals surface area contributed by atoms with E-state index in [1.807, 2.05) is 114 Å². The van der Waals surface area contributed by atoms with Gasteiger partial charge in [0, 0.05) is 36.5 Å². The van der Waals surface area contributed by atoms with Crippen molar-refractivity contribution in [1.82, 2.24) is 31.2 Å². The summed E-state index contributed by atoms with van der Waals surface area (Å²) in [5.41, 5.74) is 3.07. The molecule has 0 radical (unpaired) electrons. The SMILES string of the molecule is COC(=O)NCC(C)(C)CC(=O)NC(Cc1ccc(-c2ccccn2)cc1)CC(O)C(Cc1ccccc1)NC(=O)C(NC(=O)COc1ccc(C)nc1)C(C)(C)C. The molecule has 0 saturated carbocycles. The number of amides is 4. The van der Waals surface area contributed by atoms with Crippen molar-refractivity contribution in [3.05, 3.63) is 114 Å². The van der Waals surface area contributed by atoms with Gasteiger partial charge in [-0.1, -0.05) is 95.3 Å². The smallest absolute Gasteiger partial charge is 0.406 e. The van der Waals surface area contributed by atoms with Gasteiger partial charge in [-0.05, 0) is 72.4 Å². The van der Waals surface area contributed by atoms with Gasteiger partial charge in [0.05, 0.1) is 31.1 Å². The van der Waals surface area contributed by atoms with E-state index in [4.69, 9.17) is 9.47 Å². The van der Waals surface area contributed by atoms with Crippen LogP contribution in [0.3, 0.4) is 0 Å². The summed E-state index contributed by atoms with van der Waals surface area (Å²) in [5, 5.41) is 23.7. The highest BCUT2D eigenvalue weighted by Gasteiger charge is 2.36. The third kappa shape index (κ3) is 14.9. The Hall–Kier alpha value is -5.82. The van der Waals surface area contributed by atoms with Gasteiger partial charge in [-0.15, -0.1) is 0 Å². The zero-order chi connectivity index (χ0) is 42.3. The van der Waals surface area contributed by atoms with E-state index in [9.17, 15) is 24.3 Å². The van der Waals surface area contributed by atoms with Gasteiger partial charge < -0.3 is 35.8 Å². The quantitative estimate of drug-likeness (QED) is 0.0838. The molecule has 0 aliphatic carbocycles. The van der Waals surface area contributed by atoms with Crippen molar-refractivity contribution in [3.8, 4) is 17.0 Å². The molecule has 0 bridgehead atoms. The van der Waals surface area contributed by atoms with Crippen LogP contribution in [0.2, 0.25) is 0 Å². The topological polar surface area (TPSA) is 181 Å². The summed E-state index contributed by atoms with van der Waals surface area (Å²) in [6.45, 7) is 11.0. The van der Waals surface area contributed by atoms with Crippen LogP contribution in [0.1, 0.15) is 64.3 Å². The van der Waals surface area contributed by atoms with E-state index < -0.39 is 53.0 Å². The average Bonchev–Trinajstić information content (AvgIpc) is 3.18. The molecule has 2 aromatic heterocycles. The summed E-state index contributed by atoms with van der Waals surface area (Å²) in [6.07, 6.45) is 2.41. The summed E-state index contributed by atoms with van der Waals surface area (Å²) in [7, 11) is 1.28. The van der Waals surface area contributed by atoms with Gasteiger partial charge in [0.1, 0.15) is 11.8 Å². The minimum atomic E-state index is -1.12. The summed E-state index contributed by atoms with van der Waals surface area (Å²) in [5.74, 6) is -0.793. The highest BCUT2D eigenvalue weighted by atomic mass is 16.5. The van der Waals surface area contributed by atoms with E-state index in [-0.39, 0.29) is 38.3 Å². The van der Waals surface area contributed by atoms with Crippen LogP contribution in [-0.4, -0.2) is 83.4 Å². The fourth-order valence-electron chi connectivity index (χ4n) is 6.42. The predicted octanol–water partition coefficient (Wildman–Crippen LogP) is 5.34. The Morgan fingerprint density at radius 2 is 1.47 bits per heavy atom. The second kappa shape index (κ2) is 21.1. The number of aryl methyl sites for hydroxylation is 1. The Kier molecular flexibility index (Phi) is 16.3. The molecule has 2 aromatic carbocycles. The number of pyridine rings is 2. The Bertz CT molecular complexity index is 1920. The largest absolute Gasteiger partial charge is 0.482 e. The van der Waals surface area contributed by atoms with Crippen LogP contribution < -0.4 is 26.0 Å². The zero-order valence-electron chi connectivity index (χ0n) is 34.6. The molecule has 2 heterocycles. The summed E-state index contributed by atoms with van der Waals surface area (Å²) in [4.78, 5) is 61.2. The summed E-state index contributed by atoms with van der Waals surface area (Å²) in [6, 6.07) is 24.3. The number of rotatable bonds is 19. The Morgan fingerprint density at radius 1 is 0.776 bits per heavy atom. The Balaban J connectivity index is 1.55. The Labute approximate surface area is 341 Å². The molecule has 5 N–H and O–H groups in total. The van der Waals surface area contributed by atoms with Crippen LogP contribution in [0.25, 0.3) is 11.3 Å². The number of hydrogen-bond donors (Lipinski definition) is 5. The lowest BCUT2D eigenvalue weighted by Gasteiger charge is -2.34. The third-order valence-electron chi connectivity index (χ3n) is 9.60. The molecular formula is C45H58N6O7. The second-order valence-corrected chi connectivity index (χ2v) is 16.5. The normalized spacial score (nSPS) is 13.6. The molecular weight excluding hydrogens is 737 g/mol. The van der Waals surface area contributed by atoms with Gasteiger partial charge in [-0.3, -0.25) is 24.4 Å². The fourth-order valence-corrected chi connectivity index (χ4v) is 6.42. The first-order valence-corrected chi connectivity index (χ1v) is 19.5. The number of nitrogens with one attached hydrogen (secondary N) is 4. The highest BCUT2D eigenvalue weighted by Crippen LogP contribution is 2.24. The summed E-state index contributed by atoms with van der Waals surface area (Å²) >= 11 is 0. The molecule has 0 fully saturated rings. The number of aliphatic hydroxyl groups excluding tert-OH is 1. The van der Waals surface area contributed by atoms with Crippen LogP contribution in [0.4, 0.5) is 4.79 Å². The van der Waals surface area contributed by atoms with E-state index in [1.165, 1.54) is 13.3 Å². The molecule has 310 valence electrons. The van der Waals surface area contributed by atoms with Crippen LogP contribution >= 0.6 is 0 Å². The number of carbonyl (C=O) groups excluding carboxylic acids is 4. The lowest BCUT2D eigenvalue weighted by atomic mass is 9.85. The number of benzene rings is 2. The first-order valence-electron chi connectivity index (χ1n) is 19.5. The van der Waals surface area contributed by atoms with Crippen LogP contribution in [0, 0.1) is 17.8 Å². The molecule has 0 aliphatic rings. The molecule has 4 unspecified atom stereocenters. The van der Waals surface area contributed by atoms with E-state index in [1.54, 1.807) is 18.3 Å². The van der Waals surface area contributed by atoms with Crippen LogP contribution in [-0.2, 0) is 32.0 Å². The lowest BCUT2D eigenvalue weighted by molar-refractivity contribution is -0.133. The molecule has 0 aliphatic heterocycles. The van der Waals surface area contributed by atoms with Crippen molar-refractivity contribution in [2.45, 2.75) is 91.5 Å². The van der Waals surface area contributed by atoms with Crippen molar-refractivity contribution >= 4 is 23.8 Å². The Morgan fingerprint density at radius 3 is 2.09 bits per heavy atom. The molecule has 4 atom stereocenters. The number of methoxy groups -OCH3 is 1. The highest BCUT2D eigenvalue weighted by molar-refractivity contribution is 5.89. The molecule has 0 spiro atoms. The van der Waals surface area contributed by atoms with Crippen molar-refractivity contribution in [2.24, 2.45) is 10.8 Å². The predicted molar refractivity (Wildman–Crippen MR) is 223 cm³/mol. The molecule has 4 aromatic rings. The zero-order valence-corrected chi connectivity index (χ0v) is 34.6. The van der Waals surface area contributed by atoms with Crippen molar-refractivity contribution in [1.29, 1.82) is 0 Å². The van der Waals surface area contributed by atoms with Crippen molar-refractivity contribution < 1.29 is 33.8 Å². The number of carbonyl (C=O) groups is 4. The molecule has 13 heteroatoms. The van der Waals surface area contributed by atoms with Gasteiger partial charge in [0.15, 0.2) is 6.61 Å². The third-order valence-corrected chi connectivity index (χ3v) is 9.60. The van der Waals surface area contributed by atoms with Crippen LogP contribution in [0.5, 0.6) is 5.75 Å². The fraction of sp³-hybridized carbons (Fsp3) is 0.422. The molecule has 58 heavy (non-hydrogen) atoms. The van der Waals surface area contributed by atoms with Gasteiger partial charge in [0.25, 0.3) is 5.91 Å². The molecule has 0 saturated heterocycles. The van der Waals surface area contributed by atoms with E-state index in [0.717, 1.165) is 28.1 Å². The van der Waals surface area contributed by atoms with Crippen molar-refractivity contribution in [2.75, 3.05) is 20.3 Å². The molecule has 4 amide bonds. The van der Waals surface area contributed by atoms with Gasteiger partial charge in [0.2, 0.25) is 11.8 Å². The minimum absolute atomic E-state index is 0.0868. The van der Waals surface area contributed by atoms with Gasteiger partial charge in [-0.25, -0.2) is 4.79 Å².